The van der Waals surface area contributed by atoms with E-state index < -0.39 is 73.7 Å². The second kappa shape index (κ2) is 20.7. The molecule has 0 saturated carbocycles. The van der Waals surface area contributed by atoms with Crippen molar-refractivity contribution < 1.29 is 81.1 Å². The molecule has 272 valence electrons. The summed E-state index contributed by atoms with van der Waals surface area (Å²) in [4.78, 5) is 75.7. The van der Waals surface area contributed by atoms with E-state index in [4.69, 9.17) is 23.7 Å². The minimum atomic E-state index is -4.56. The molecule has 45 heavy (non-hydrogen) atoms. The Balaban J connectivity index is 4.40. The lowest BCUT2D eigenvalue weighted by Gasteiger charge is -2.30. The Hall–Kier alpha value is 0.320. The molecule has 0 saturated heterocycles. The zero-order chi connectivity index (χ0) is 35.2. The van der Waals surface area contributed by atoms with Crippen molar-refractivity contribution in [2.24, 2.45) is 0 Å². The summed E-state index contributed by atoms with van der Waals surface area (Å²) >= 11 is 0. The van der Waals surface area contributed by atoms with Crippen LogP contribution in [0.1, 0.15) is 41.5 Å². The summed E-state index contributed by atoms with van der Waals surface area (Å²) in [5.74, 6) is 0. The fraction of sp³-hybridized carbons (Fsp3) is 1.00. The lowest BCUT2D eigenvalue weighted by Crippen LogP contribution is -2.39. The molecule has 0 aliphatic rings. The van der Waals surface area contributed by atoms with Gasteiger partial charge in [0.15, 0.2) is 0 Å². The van der Waals surface area contributed by atoms with Crippen LogP contribution in [0.25, 0.3) is 0 Å². The minimum Gasteiger partial charge on any atom is -0.377 e. The average Bonchev–Trinajstić information content (AvgIpc) is 2.83. The number of rotatable bonds is 26. The number of hydrogen-bond donors (Lipinski definition) is 8. The third kappa shape index (κ3) is 26.9. The van der Waals surface area contributed by atoms with E-state index in [0.29, 0.717) is 0 Å². The molecule has 0 aliphatic heterocycles. The Labute approximate surface area is 264 Å². The Bertz CT molecular complexity index is 970. The summed E-state index contributed by atoms with van der Waals surface area (Å²) in [7, 11) is -18.2. The first-order chi connectivity index (χ1) is 20.3. The van der Waals surface area contributed by atoms with E-state index in [-0.39, 0.29) is 58.0 Å². The highest BCUT2D eigenvalue weighted by atomic mass is 31.2. The van der Waals surface area contributed by atoms with Gasteiger partial charge >= 0.3 is 30.4 Å². The molecule has 8 N–H and O–H groups in total. The summed E-state index contributed by atoms with van der Waals surface area (Å²) < 4.78 is 73.7. The van der Waals surface area contributed by atoms with Crippen LogP contribution in [0.2, 0.25) is 0 Å². The van der Waals surface area contributed by atoms with Crippen molar-refractivity contribution in [3.05, 3.63) is 0 Å². The van der Waals surface area contributed by atoms with Gasteiger partial charge in [0.1, 0.15) is 25.1 Å². The Morgan fingerprint density at radius 2 is 0.667 bits per heavy atom. The summed E-state index contributed by atoms with van der Waals surface area (Å²) in [6.07, 6.45) is -4.75. The standard InChI is InChI=1S/C22H52N2O17P4/c1-17(23(13-42(25,26)27)14-43(28,29)30)7-37-9-19(3)39-11-21(5)41-12-22(6)40-10-20(4)38-8-18(2)24(15-44(31,32)33)16-45(34,35)36/h17-22H,7-16H2,1-6H3,(H2,25,26,27)(H2,28,29,30)(H2,31,32,33)(H2,34,35,36). The average molecular weight is 741 g/mol. The van der Waals surface area contributed by atoms with Crippen LogP contribution in [0.15, 0.2) is 0 Å². The monoisotopic (exact) mass is 740 g/mol. The van der Waals surface area contributed by atoms with Crippen LogP contribution in [0.3, 0.4) is 0 Å². The predicted molar refractivity (Wildman–Crippen MR) is 163 cm³/mol. The molecule has 0 aliphatic carbocycles. The predicted octanol–water partition coefficient (Wildman–Crippen LogP) is 0.545. The molecule has 0 heterocycles. The highest BCUT2D eigenvalue weighted by molar-refractivity contribution is 7.53. The van der Waals surface area contributed by atoms with Crippen molar-refractivity contribution in [3.8, 4) is 0 Å². The third-order valence-electron chi connectivity index (χ3n) is 5.89. The van der Waals surface area contributed by atoms with Crippen LogP contribution < -0.4 is 0 Å². The normalized spacial score (nSPS) is 17.8. The van der Waals surface area contributed by atoms with Gasteiger partial charge < -0.3 is 62.8 Å². The van der Waals surface area contributed by atoms with Crippen molar-refractivity contribution >= 4 is 30.4 Å². The Kier molecular flexibility index (Phi) is 20.9. The van der Waals surface area contributed by atoms with Gasteiger partial charge in [-0.15, -0.1) is 0 Å². The molecule has 0 rings (SSSR count). The molecule has 6 unspecified atom stereocenters. The molecule has 19 nitrogen and oxygen atoms in total. The molecule has 0 aromatic carbocycles. The molecular weight excluding hydrogens is 688 g/mol. The van der Waals surface area contributed by atoms with Gasteiger partial charge in [0.25, 0.3) is 0 Å². The maximum Gasteiger partial charge on any atom is 0.339 e. The Morgan fingerprint density at radius 1 is 0.422 bits per heavy atom. The van der Waals surface area contributed by atoms with Gasteiger partial charge in [-0.1, -0.05) is 0 Å². The fourth-order valence-corrected chi connectivity index (χ4v) is 7.33. The first kappa shape index (κ1) is 45.3. The van der Waals surface area contributed by atoms with E-state index in [2.05, 4.69) is 0 Å². The maximum absolute atomic E-state index is 11.4. The quantitative estimate of drug-likeness (QED) is 0.0562. The van der Waals surface area contributed by atoms with E-state index >= 15 is 0 Å². The zero-order valence-electron chi connectivity index (χ0n) is 26.5. The van der Waals surface area contributed by atoms with E-state index in [0.717, 1.165) is 9.80 Å². The summed E-state index contributed by atoms with van der Waals surface area (Å²) in [5.41, 5.74) is 0. The highest BCUT2D eigenvalue weighted by Gasteiger charge is 2.31. The van der Waals surface area contributed by atoms with E-state index in [9.17, 15) is 57.4 Å². The van der Waals surface area contributed by atoms with Gasteiger partial charge in [-0.25, -0.2) is 0 Å². The van der Waals surface area contributed by atoms with Crippen molar-refractivity contribution in [1.82, 2.24) is 9.80 Å². The van der Waals surface area contributed by atoms with Gasteiger partial charge in [-0.05, 0) is 41.5 Å². The summed E-state index contributed by atoms with van der Waals surface area (Å²) in [5, 5.41) is 0. The van der Waals surface area contributed by atoms with Crippen molar-refractivity contribution in [1.29, 1.82) is 0 Å². The lowest BCUT2D eigenvalue weighted by molar-refractivity contribution is -0.0951. The van der Waals surface area contributed by atoms with Gasteiger partial charge in [0.2, 0.25) is 0 Å². The third-order valence-corrected chi connectivity index (χ3v) is 8.82. The van der Waals surface area contributed by atoms with Crippen molar-refractivity contribution in [2.75, 3.05) is 64.8 Å². The van der Waals surface area contributed by atoms with Gasteiger partial charge in [-0.2, -0.15) is 0 Å². The molecule has 0 aromatic rings. The fourth-order valence-electron chi connectivity index (χ4n) is 3.60. The molecule has 0 aromatic heterocycles. The van der Waals surface area contributed by atoms with Crippen LogP contribution in [-0.2, 0) is 41.9 Å². The van der Waals surface area contributed by atoms with Crippen LogP contribution in [0.5, 0.6) is 0 Å². The zero-order valence-corrected chi connectivity index (χ0v) is 30.0. The molecule has 6 atom stereocenters. The van der Waals surface area contributed by atoms with Crippen LogP contribution in [-0.4, -0.2) is 150 Å². The van der Waals surface area contributed by atoms with Crippen LogP contribution >= 0.6 is 30.4 Å². The molecule has 0 fully saturated rings. The van der Waals surface area contributed by atoms with E-state index in [1.165, 1.54) is 13.8 Å². The van der Waals surface area contributed by atoms with Crippen LogP contribution in [0.4, 0.5) is 0 Å². The molecular formula is C22H52N2O17P4. The highest BCUT2D eigenvalue weighted by Crippen LogP contribution is 2.42. The molecule has 0 bridgehead atoms. The first-order valence-corrected chi connectivity index (χ1v) is 21.2. The smallest absolute Gasteiger partial charge is 0.339 e. The number of ether oxygens (including phenoxy) is 5. The molecule has 0 radical (unpaired) electrons. The van der Waals surface area contributed by atoms with Gasteiger partial charge in [0.05, 0.1) is 64.1 Å². The van der Waals surface area contributed by atoms with E-state index in [1.807, 2.05) is 0 Å². The second-order valence-electron chi connectivity index (χ2n) is 11.2. The molecule has 23 heteroatoms. The molecule has 0 amide bonds. The Morgan fingerprint density at radius 3 is 0.956 bits per heavy atom. The largest absolute Gasteiger partial charge is 0.377 e. The minimum absolute atomic E-state index is 0.0469. The number of hydrogen-bond acceptors (Lipinski definition) is 11. The summed E-state index contributed by atoms with van der Waals surface area (Å²) in [6, 6.07) is -1.38. The SMILES string of the molecule is CC(COCC(C)N(CP(=O)(O)O)CP(=O)(O)O)OCC(C)OCC(C)OCC(C)OCC(C)N(CP(=O)(O)O)CP(=O)(O)O. The van der Waals surface area contributed by atoms with Crippen LogP contribution in [0, 0.1) is 0 Å². The second-order valence-corrected chi connectivity index (χ2v) is 17.7. The van der Waals surface area contributed by atoms with Gasteiger partial charge in [0, 0.05) is 12.1 Å². The lowest BCUT2D eigenvalue weighted by atomic mass is 10.3. The molecule has 0 spiro atoms. The first-order valence-electron chi connectivity index (χ1n) is 14.0. The van der Waals surface area contributed by atoms with Crippen molar-refractivity contribution in [2.45, 2.75) is 78.0 Å². The summed E-state index contributed by atoms with van der Waals surface area (Å²) in [6.45, 7) is 10.7. The van der Waals surface area contributed by atoms with Gasteiger partial charge in [-0.3, -0.25) is 28.1 Å². The van der Waals surface area contributed by atoms with E-state index in [1.54, 1.807) is 27.7 Å². The van der Waals surface area contributed by atoms with Crippen molar-refractivity contribution in [3.63, 3.8) is 0 Å². The number of nitrogens with zero attached hydrogens (tertiary/aromatic N) is 2. The maximum atomic E-state index is 11.4. The topological polar surface area (TPSA) is 283 Å².